The lowest BCUT2D eigenvalue weighted by Crippen LogP contribution is -2.30. The third-order valence-electron chi connectivity index (χ3n) is 3.62. The van der Waals surface area contributed by atoms with Crippen molar-refractivity contribution in [1.29, 1.82) is 5.26 Å². The zero-order valence-electron chi connectivity index (χ0n) is 14.3. The highest BCUT2D eigenvalue weighted by Gasteiger charge is 2.11. The van der Waals surface area contributed by atoms with Crippen LogP contribution < -0.4 is 10.1 Å². The third-order valence-corrected chi connectivity index (χ3v) is 4.11. The number of ether oxygens (including phenoxy) is 1. The molecule has 0 atom stereocenters. The second kappa shape index (κ2) is 9.21. The Morgan fingerprint density at radius 3 is 2.64 bits per heavy atom. The maximum absolute atomic E-state index is 12.2. The molecule has 2 rings (SSSR count). The second-order valence-electron chi connectivity index (χ2n) is 5.71. The molecule has 6 heteroatoms. The molecule has 0 fully saturated rings. The minimum Gasteiger partial charge on any atom is -0.496 e. The Balaban J connectivity index is 1.92. The number of benzene rings is 2. The zero-order valence-corrected chi connectivity index (χ0v) is 15.8. The smallest absolute Gasteiger partial charge is 0.238 e. The topological polar surface area (TPSA) is 65.4 Å². The number of rotatable bonds is 7. The van der Waals surface area contributed by atoms with Crippen molar-refractivity contribution in [3.05, 3.63) is 58.1 Å². The quantitative estimate of drug-likeness (QED) is 0.769. The van der Waals surface area contributed by atoms with Crippen molar-refractivity contribution < 1.29 is 9.53 Å². The van der Waals surface area contributed by atoms with Gasteiger partial charge in [-0.25, -0.2) is 0 Å². The fourth-order valence-electron chi connectivity index (χ4n) is 2.46. The van der Waals surface area contributed by atoms with Gasteiger partial charge in [0.15, 0.2) is 0 Å². The molecule has 0 spiro atoms. The summed E-state index contributed by atoms with van der Waals surface area (Å²) in [5.41, 5.74) is 2.66. The number of amides is 1. The van der Waals surface area contributed by atoms with E-state index in [9.17, 15) is 4.79 Å². The summed E-state index contributed by atoms with van der Waals surface area (Å²) in [6.07, 6.45) is 0.367. The second-order valence-corrected chi connectivity index (χ2v) is 6.62. The first-order valence-electron chi connectivity index (χ1n) is 7.78. The van der Waals surface area contributed by atoms with Crippen molar-refractivity contribution in [3.8, 4) is 11.8 Å². The largest absolute Gasteiger partial charge is 0.496 e. The lowest BCUT2D eigenvalue weighted by atomic mass is 10.1. The summed E-state index contributed by atoms with van der Waals surface area (Å²) in [6.45, 7) is 0.854. The number of hydrogen-bond acceptors (Lipinski definition) is 4. The summed E-state index contributed by atoms with van der Waals surface area (Å²) in [6, 6.07) is 15.2. The molecule has 1 N–H and O–H groups in total. The number of nitrogens with one attached hydrogen (secondary N) is 1. The van der Waals surface area contributed by atoms with E-state index in [1.807, 2.05) is 54.4 Å². The summed E-state index contributed by atoms with van der Waals surface area (Å²) in [5, 5.41) is 11.5. The Bertz CT molecular complexity index is 769. The molecule has 130 valence electrons. The molecule has 0 saturated heterocycles. The molecule has 0 aromatic heterocycles. The van der Waals surface area contributed by atoms with E-state index in [2.05, 4.69) is 27.3 Å². The van der Waals surface area contributed by atoms with Crippen LogP contribution in [-0.2, 0) is 17.8 Å². The molecule has 0 aliphatic rings. The van der Waals surface area contributed by atoms with Gasteiger partial charge in [0.2, 0.25) is 5.91 Å². The molecule has 0 aliphatic heterocycles. The van der Waals surface area contributed by atoms with Crippen LogP contribution >= 0.6 is 15.9 Å². The highest BCUT2D eigenvalue weighted by molar-refractivity contribution is 9.10. The molecule has 1 amide bonds. The van der Waals surface area contributed by atoms with Crippen LogP contribution in [0.3, 0.4) is 0 Å². The number of hydrogen-bond donors (Lipinski definition) is 1. The average Bonchev–Trinajstić information content (AvgIpc) is 2.57. The maximum atomic E-state index is 12.2. The molecule has 0 unspecified atom stereocenters. The van der Waals surface area contributed by atoms with Gasteiger partial charge in [-0.2, -0.15) is 5.26 Å². The van der Waals surface area contributed by atoms with Crippen LogP contribution in [0, 0.1) is 11.3 Å². The molecule has 5 nitrogen and oxygen atoms in total. The van der Waals surface area contributed by atoms with Gasteiger partial charge in [0.05, 0.1) is 26.1 Å². The summed E-state index contributed by atoms with van der Waals surface area (Å²) in [5.74, 6) is 0.702. The number of likely N-dealkylation sites (N-methyl/N-ethyl adjacent to an activating group) is 1. The van der Waals surface area contributed by atoms with Crippen molar-refractivity contribution in [2.24, 2.45) is 0 Å². The molecular formula is C19H20BrN3O2. The number of nitriles is 1. The third kappa shape index (κ3) is 5.89. The Kier molecular flexibility index (Phi) is 6.99. The number of halogens is 1. The highest BCUT2D eigenvalue weighted by atomic mass is 79.9. The van der Waals surface area contributed by atoms with Crippen LogP contribution in [0.4, 0.5) is 5.69 Å². The molecule has 0 radical (unpaired) electrons. The minimum atomic E-state index is -0.0931. The Morgan fingerprint density at radius 1 is 1.28 bits per heavy atom. The van der Waals surface area contributed by atoms with Gasteiger partial charge in [0.1, 0.15) is 5.75 Å². The summed E-state index contributed by atoms with van der Waals surface area (Å²) < 4.78 is 6.33. The number of anilines is 1. The predicted molar refractivity (Wildman–Crippen MR) is 101 cm³/mol. The first-order chi connectivity index (χ1) is 12.0. The van der Waals surface area contributed by atoms with Gasteiger partial charge in [-0.05, 0) is 42.9 Å². The van der Waals surface area contributed by atoms with Gasteiger partial charge in [0.25, 0.3) is 0 Å². The fourth-order valence-corrected chi connectivity index (χ4v) is 2.87. The van der Waals surface area contributed by atoms with E-state index in [1.165, 1.54) is 0 Å². The lowest BCUT2D eigenvalue weighted by molar-refractivity contribution is -0.117. The Labute approximate surface area is 156 Å². The molecule has 0 bridgehead atoms. The van der Waals surface area contributed by atoms with Gasteiger partial charge < -0.3 is 10.1 Å². The van der Waals surface area contributed by atoms with Crippen molar-refractivity contribution in [3.63, 3.8) is 0 Å². The number of carbonyl (C=O) groups excluding carboxylic acids is 1. The Morgan fingerprint density at radius 2 is 2.00 bits per heavy atom. The van der Waals surface area contributed by atoms with E-state index >= 15 is 0 Å². The van der Waals surface area contributed by atoms with Gasteiger partial charge in [-0.1, -0.05) is 28.1 Å². The molecule has 0 aliphatic carbocycles. The number of carbonyl (C=O) groups is 1. The van der Waals surface area contributed by atoms with Crippen molar-refractivity contribution in [2.45, 2.75) is 13.0 Å². The first-order valence-corrected chi connectivity index (χ1v) is 8.58. The molecule has 0 heterocycles. The van der Waals surface area contributed by atoms with Gasteiger partial charge in [-0.3, -0.25) is 9.69 Å². The van der Waals surface area contributed by atoms with Crippen LogP contribution in [0.1, 0.15) is 11.1 Å². The molecular weight excluding hydrogens is 382 g/mol. The van der Waals surface area contributed by atoms with E-state index in [1.54, 1.807) is 7.11 Å². The summed E-state index contributed by atoms with van der Waals surface area (Å²) in [4.78, 5) is 14.1. The predicted octanol–water partition coefficient (Wildman–Crippen LogP) is 3.59. The van der Waals surface area contributed by atoms with Gasteiger partial charge in [-0.15, -0.1) is 0 Å². The van der Waals surface area contributed by atoms with Crippen molar-refractivity contribution in [2.75, 3.05) is 26.0 Å². The maximum Gasteiger partial charge on any atom is 0.238 e. The monoisotopic (exact) mass is 401 g/mol. The van der Waals surface area contributed by atoms with Crippen LogP contribution in [0.25, 0.3) is 0 Å². The SMILES string of the molecule is COc1ccc(Br)cc1CN(C)CC(=O)Nc1ccc(CC#N)cc1. The lowest BCUT2D eigenvalue weighted by Gasteiger charge is -2.18. The van der Waals surface area contributed by atoms with Gasteiger partial charge in [0, 0.05) is 22.3 Å². The number of nitrogens with zero attached hydrogens (tertiary/aromatic N) is 2. The normalized spacial score (nSPS) is 10.4. The van der Waals surface area contributed by atoms with Crippen molar-refractivity contribution in [1.82, 2.24) is 4.90 Å². The van der Waals surface area contributed by atoms with Crippen molar-refractivity contribution >= 4 is 27.5 Å². The highest BCUT2D eigenvalue weighted by Crippen LogP contribution is 2.24. The fraction of sp³-hybridized carbons (Fsp3) is 0.263. The summed E-state index contributed by atoms with van der Waals surface area (Å²) in [7, 11) is 3.52. The molecule has 0 saturated carbocycles. The van der Waals surface area contributed by atoms with Crippen LogP contribution in [-0.4, -0.2) is 31.5 Å². The van der Waals surface area contributed by atoms with E-state index in [-0.39, 0.29) is 12.5 Å². The van der Waals surface area contributed by atoms with Crippen LogP contribution in [0.5, 0.6) is 5.75 Å². The van der Waals surface area contributed by atoms with Crippen LogP contribution in [0.2, 0.25) is 0 Å². The summed E-state index contributed by atoms with van der Waals surface area (Å²) >= 11 is 3.45. The Hall–Kier alpha value is -2.36. The number of methoxy groups -OCH3 is 1. The molecule has 2 aromatic carbocycles. The van der Waals surface area contributed by atoms with E-state index in [0.29, 0.717) is 13.0 Å². The van der Waals surface area contributed by atoms with E-state index < -0.39 is 0 Å². The molecule has 2 aromatic rings. The zero-order chi connectivity index (χ0) is 18.2. The molecule has 25 heavy (non-hydrogen) atoms. The minimum absolute atomic E-state index is 0.0931. The van der Waals surface area contributed by atoms with E-state index in [0.717, 1.165) is 27.0 Å². The average molecular weight is 402 g/mol. The van der Waals surface area contributed by atoms with Crippen LogP contribution in [0.15, 0.2) is 46.9 Å². The first kappa shape index (κ1) is 19.0. The van der Waals surface area contributed by atoms with E-state index in [4.69, 9.17) is 10.00 Å². The standard InChI is InChI=1S/C19H20BrN3O2/c1-23(12-15-11-16(20)5-8-18(15)25-2)13-19(24)22-17-6-3-14(4-7-17)9-10-21/h3-8,11H,9,12-13H2,1-2H3,(H,22,24). The van der Waals surface area contributed by atoms with Gasteiger partial charge >= 0.3 is 0 Å².